The number of rotatable bonds is 6. The number of hydrogen-bond donors (Lipinski definition) is 1. The molecule has 0 atom stereocenters. The van der Waals surface area contributed by atoms with E-state index in [0.29, 0.717) is 19.3 Å². The lowest BCUT2D eigenvalue weighted by molar-refractivity contribution is 0.0263. The molecule has 0 amide bonds. The van der Waals surface area contributed by atoms with E-state index in [9.17, 15) is 0 Å². The molecule has 128 valence electrons. The molecule has 0 aromatic heterocycles. The van der Waals surface area contributed by atoms with Gasteiger partial charge in [-0.25, -0.2) is 0 Å². The number of piperidine rings is 1. The molecule has 1 aromatic rings. The summed E-state index contributed by atoms with van der Waals surface area (Å²) in [4.78, 5) is 6.73. The summed E-state index contributed by atoms with van der Waals surface area (Å²) in [5.74, 6) is 1.89. The molecule has 1 aliphatic heterocycles. The van der Waals surface area contributed by atoms with E-state index in [0.717, 1.165) is 49.8 Å². The average Bonchev–Trinajstić information content (AvgIpc) is 2.59. The van der Waals surface area contributed by atoms with Crippen LogP contribution in [0.2, 0.25) is 0 Å². The van der Waals surface area contributed by atoms with Crippen LogP contribution in [0.5, 0.6) is 5.75 Å². The Balaban J connectivity index is 1.89. The van der Waals surface area contributed by atoms with E-state index in [1.807, 2.05) is 32.2 Å². The molecule has 0 unspecified atom stereocenters. The molecule has 0 spiro atoms. The molecule has 2 rings (SSSR count). The highest BCUT2D eigenvalue weighted by Crippen LogP contribution is 2.18. The molecule has 0 radical (unpaired) electrons. The zero-order valence-electron chi connectivity index (χ0n) is 14.5. The number of benzene rings is 1. The zero-order valence-corrected chi connectivity index (χ0v) is 14.5. The van der Waals surface area contributed by atoms with Gasteiger partial charge in [-0.1, -0.05) is 18.2 Å². The van der Waals surface area contributed by atoms with Crippen molar-refractivity contribution < 1.29 is 9.47 Å². The molecule has 0 bridgehead atoms. The van der Waals surface area contributed by atoms with Crippen LogP contribution in [0.15, 0.2) is 29.3 Å². The summed E-state index contributed by atoms with van der Waals surface area (Å²) in [7, 11) is 1.84. The first-order valence-corrected chi connectivity index (χ1v) is 8.56. The molecular formula is C18H29N3O2. The fraction of sp³-hybridized carbons (Fsp3) is 0.611. The maximum Gasteiger partial charge on any atom is 0.193 e. The monoisotopic (exact) mass is 319 g/mol. The van der Waals surface area contributed by atoms with Crippen molar-refractivity contribution in [2.24, 2.45) is 4.99 Å². The Morgan fingerprint density at radius 1 is 1.22 bits per heavy atom. The van der Waals surface area contributed by atoms with Gasteiger partial charge in [0.2, 0.25) is 0 Å². The third-order valence-electron chi connectivity index (χ3n) is 4.07. The molecule has 1 fully saturated rings. The van der Waals surface area contributed by atoms with Gasteiger partial charge in [-0.2, -0.15) is 0 Å². The van der Waals surface area contributed by atoms with Gasteiger partial charge >= 0.3 is 0 Å². The third kappa shape index (κ3) is 5.13. The van der Waals surface area contributed by atoms with Crippen LogP contribution in [0.4, 0.5) is 0 Å². The second kappa shape index (κ2) is 9.40. The second-order valence-electron chi connectivity index (χ2n) is 5.58. The average molecular weight is 319 g/mol. The summed E-state index contributed by atoms with van der Waals surface area (Å²) >= 11 is 0. The summed E-state index contributed by atoms with van der Waals surface area (Å²) in [5, 5.41) is 3.46. The molecule has 0 saturated carbocycles. The topological polar surface area (TPSA) is 46.1 Å². The van der Waals surface area contributed by atoms with Crippen LogP contribution in [-0.2, 0) is 11.3 Å². The Hall–Kier alpha value is -1.75. The van der Waals surface area contributed by atoms with Crippen molar-refractivity contribution >= 4 is 5.96 Å². The maximum absolute atomic E-state index is 5.71. The molecule has 23 heavy (non-hydrogen) atoms. The van der Waals surface area contributed by atoms with E-state index in [1.54, 1.807) is 0 Å². The highest BCUT2D eigenvalue weighted by Gasteiger charge is 2.21. The number of aliphatic imine (C=N–C) groups is 1. The van der Waals surface area contributed by atoms with Gasteiger partial charge < -0.3 is 19.7 Å². The Kier molecular flexibility index (Phi) is 7.20. The molecule has 0 aliphatic carbocycles. The van der Waals surface area contributed by atoms with Crippen LogP contribution >= 0.6 is 0 Å². The number of ether oxygens (including phenoxy) is 2. The number of para-hydroxylation sites is 1. The van der Waals surface area contributed by atoms with Gasteiger partial charge in [-0.3, -0.25) is 4.99 Å². The van der Waals surface area contributed by atoms with E-state index in [4.69, 9.17) is 9.47 Å². The van der Waals surface area contributed by atoms with E-state index >= 15 is 0 Å². The molecule has 1 saturated heterocycles. The van der Waals surface area contributed by atoms with Crippen LogP contribution < -0.4 is 10.1 Å². The number of nitrogens with zero attached hydrogens (tertiary/aromatic N) is 2. The first kappa shape index (κ1) is 17.6. The quantitative estimate of drug-likeness (QED) is 0.647. The first-order chi connectivity index (χ1) is 11.3. The van der Waals surface area contributed by atoms with E-state index < -0.39 is 0 Å². The van der Waals surface area contributed by atoms with Crippen molar-refractivity contribution in [3.63, 3.8) is 0 Å². The normalized spacial score (nSPS) is 16.5. The number of nitrogens with one attached hydrogen (secondary N) is 1. The van der Waals surface area contributed by atoms with E-state index in [1.165, 1.54) is 0 Å². The smallest absolute Gasteiger partial charge is 0.193 e. The summed E-state index contributed by atoms with van der Waals surface area (Å²) in [5.41, 5.74) is 1.15. The largest absolute Gasteiger partial charge is 0.494 e. The van der Waals surface area contributed by atoms with Crippen molar-refractivity contribution in [2.75, 3.05) is 33.4 Å². The highest BCUT2D eigenvalue weighted by atomic mass is 16.5. The predicted molar refractivity (Wildman–Crippen MR) is 94.0 cm³/mol. The first-order valence-electron chi connectivity index (χ1n) is 8.56. The van der Waals surface area contributed by atoms with Gasteiger partial charge in [0.15, 0.2) is 5.96 Å². The lowest BCUT2D eigenvalue weighted by Crippen LogP contribution is -2.46. The van der Waals surface area contributed by atoms with Gasteiger partial charge in [0.1, 0.15) is 5.75 Å². The van der Waals surface area contributed by atoms with Crippen LogP contribution in [0.3, 0.4) is 0 Å². The summed E-state index contributed by atoms with van der Waals surface area (Å²) in [6.45, 7) is 8.22. The van der Waals surface area contributed by atoms with Gasteiger partial charge in [-0.15, -0.1) is 0 Å². The minimum atomic E-state index is 0.396. The van der Waals surface area contributed by atoms with E-state index in [-0.39, 0.29) is 0 Å². The van der Waals surface area contributed by atoms with Crippen molar-refractivity contribution in [1.29, 1.82) is 0 Å². The van der Waals surface area contributed by atoms with Crippen molar-refractivity contribution in [3.8, 4) is 5.75 Å². The van der Waals surface area contributed by atoms with Gasteiger partial charge in [0, 0.05) is 38.9 Å². The molecule has 1 aliphatic rings. The molecule has 5 nitrogen and oxygen atoms in total. The molecule has 5 heteroatoms. The van der Waals surface area contributed by atoms with Crippen LogP contribution in [0.25, 0.3) is 0 Å². The van der Waals surface area contributed by atoms with Crippen molar-refractivity contribution in [2.45, 2.75) is 39.3 Å². The van der Waals surface area contributed by atoms with Gasteiger partial charge in [0.25, 0.3) is 0 Å². The highest BCUT2D eigenvalue weighted by molar-refractivity contribution is 5.80. The van der Waals surface area contributed by atoms with Crippen molar-refractivity contribution in [3.05, 3.63) is 29.8 Å². The third-order valence-corrected chi connectivity index (χ3v) is 4.07. The summed E-state index contributed by atoms with van der Waals surface area (Å²) in [6.07, 6.45) is 2.52. The Labute approximate surface area is 139 Å². The molecule has 1 heterocycles. The van der Waals surface area contributed by atoms with Crippen molar-refractivity contribution in [1.82, 2.24) is 10.2 Å². The lowest BCUT2D eigenvalue weighted by Gasteiger charge is -2.34. The molecule has 1 aromatic carbocycles. The summed E-state index contributed by atoms with van der Waals surface area (Å²) < 4.78 is 11.4. The van der Waals surface area contributed by atoms with Crippen LogP contribution in [0, 0.1) is 0 Å². The molecular weight excluding hydrogens is 290 g/mol. The minimum Gasteiger partial charge on any atom is -0.494 e. The standard InChI is InChI=1S/C18H29N3O2/c1-4-22-16-10-12-21(13-11-16)18(19-3)20-14-15-8-6-7-9-17(15)23-5-2/h6-9,16H,4-5,10-14H2,1-3H3,(H,19,20). The number of likely N-dealkylation sites (tertiary alicyclic amines) is 1. The van der Waals surface area contributed by atoms with Crippen LogP contribution in [-0.4, -0.2) is 50.3 Å². The number of hydrogen-bond acceptors (Lipinski definition) is 3. The Morgan fingerprint density at radius 3 is 2.61 bits per heavy atom. The zero-order chi connectivity index (χ0) is 16.5. The second-order valence-corrected chi connectivity index (χ2v) is 5.58. The predicted octanol–water partition coefficient (Wildman–Crippen LogP) is 2.66. The van der Waals surface area contributed by atoms with Gasteiger partial charge in [0.05, 0.1) is 12.7 Å². The maximum atomic E-state index is 5.71. The minimum absolute atomic E-state index is 0.396. The Bertz CT molecular complexity index is 497. The summed E-state index contributed by atoms with van der Waals surface area (Å²) in [6, 6.07) is 8.14. The van der Waals surface area contributed by atoms with Gasteiger partial charge in [-0.05, 0) is 32.8 Å². The van der Waals surface area contributed by atoms with Crippen LogP contribution in [0.1, 0.15) is 32.3 Å². The Morgan fingerprint density at radius 2 is 1.96 bits per heavy atom. The fourth-order valence-electron chi connectivity index (χ4n) is 2.92. The number of guanidine groups is 1. The van der Waals surface area contributed by atoms with E-state index in [2.05, 4.69) is 28.2 Å². The SMILES string of the molecule is CCOc1ccccc1CNC(=NC)N1CCC(OCC)CC1. The lowest BCUT2D eigenvalue weighted by atomic mass is 10.1. The fourth-order valence-corrected chi connectivity index (χ4v) is 2.92. The molecule has 1 N–H and O–H groups in total.